The molecule has 1 unspecified atom stereocenters. The van der Waals surface area contributed by atoms with Crippen molar-refractivity contribution < 1.29 is 18.3 Å². The Kier molecular flexibility index (Phi) is 5.59. The van der Waals surface area contributed by atoms with Crippen LogP contribution in [0.1, 0.15) is 58.9 Å². The van der Waals surface area contributed by atoms with Gasteiger partial charge in [0.15, 0.2) is 0 Å². The zero-order chi connectivity index (χ0) is 27.7. The lowest BCUT2D eigenvalue weighted by Crippen LogP contribution is -2.33. The summed E-state index contributed by atoms with van der Waals surface area (Å²) in [5.74, 6) is -0.0681. The van der Waals surface area contributed by atoms with E-state index >= 15 is 0 Å². The Hall–Kier alpha value is -4.02. The van der Waals surface area contributed by atoms with Crippen molar-refractivity contribution in [2.45, 2.75) is 43.3 Å². The average Bonchev–Trinajstić information content (AvgIpc) is 3.75. The van der Waals surface area contributed by atoms with Crippen LogP contribution in [0, 0.1) is 5.82 Å². The third kappa shape index (κ3) is 3.92. The molecule has 2 atom stereocenters. The summed E-state index contributed by atoms with van der Waals surface area (Å²) in [4.78, 5) is 28.7. The molecule has 8 rings (SSSR count). The number of benzene rings is 1. The van der Waals surface area contributed by atoms with Crippen molar-refractivity contribution in [1.29, 1.82) is 0 Å². The molecule has 1 spiro atoms. The summed E-state index contributed by atoms with van der Waals surface area (Å²) in [6, 6.07) is 10.7. The van der Waals surface area contributed by atoms with Crippen molar-refractivity contribution in [1.82, 2.24) is 19.3 Å². The van der Waals surface area contributed by atoms with Gasteiger partial charge in [-0.15, -0.1) is 0 Å². The highest BCUT2D eigenvalue weighted by atomic mass is 19.1. The Morgan fingerprint density at radius 3 is 2.83 bits per heavy atom. The number of hydrogen-bond acceptors (Lipinski definition) is 6. The minimum absolute atomic E-state index is 0.00180. The Morgan fingerprint density at radius 1 is 1.12 bits per heavy atom. The van der Waals surface area contributed by atoms with E-state index < -0.39 is 6.17 Å². The number of hydrogen-bond donors (Lipinski definition) is 1. The minimum atomic E-state index is -0.801. The third-order valence-electron chi connectivity index (χ3n) is 9.23. The monoisotopic (exact) mass is 554 g/mol. The number of nitrogens with zero attached hydrogens (tertiary/aromatic N) is 5. The van der Waals surface area contributed by atoms with Crippen LogP contribution in [-0.4, -0.2) is 63.9 Å². The quantitative estimate of drug-likeness (QED) is 0.364. The molecule has 3 aromatic heterocycles. The molecule has 8 nitrogen and oxygen atoms in total. The maximum atomic E-state index is 14.2. The van der Waals surface area contributed by atoms with Gasteiger partial charge in [-0.05, 0) is 49.4 Å². The van der Waals surface area contributed by atoms with Gasteiger partial charge in [0, 0.05) is 61.3 Å². The summed E-state index contributed by atoms with van der Waals surface area (Å²) in [7, 11) is 0. The fourth-order valence-corrected chi connectivity index (χ4v) is 7.18. The summed E-state index contributed by atoms with van der Waals surface area (Å²) in [6.45, 7) is 2.61. The van der Waals surface area contributed by atoms with E-state index in [2.05, 4.69) is 26.3 Å². The third-order valence-corrected chi connectivity index (χ3v) is 9.23. The van der Waals surface area contributed by atoms with Gasteiger partial charge < -0.3 is 10.1 Å². The Balaban J connectivity index is 1.17. The molecule has 0 bridgehead atoms. The number of nitrogens with one attached hydrogen (secondary N) is 1. The number of aromatic nitrogens is 3. The molecule has 1 amide bonds. The number of fused-ring (bicyclic) bond motifs is 4. The van der Waals surface area contributed by atoms with Crippen molar-refractivity contribution >= 4 is 29.3 Å². The number of amides is 1. The number of ether oxygens (including phenoxy) is 1. The van der Waals surface area contributed by atoms with E-state index in [0.29, 0.717) is 41.2 Å². The number of carbonyl (C=O) groups excluding carboxylic acids is 1. The fourth-order valence-electron chi connectivity index (χ4n) is 7.18. The Labute approximate surface area is 235 Å². The van der Waals surface area contributed by atoms with Crippen LogP contribution in [0.5, 0.6) is 0 Å². The summed E-state index contributed by atoms with van der Waals surface area (Å²) in [5, 5.41) is 3.39. The number of pyridine rings is 2. The molecule has 3 aliphatic heterocycles. The number of rotatable bonds is 4. The van der Waals surface area contributed by atoms with Crippen LogP contribution in [0.15, 0.2) is 53.8 Å². The molecule has 0 saturated carbocycles. The van der Waals surface area contributed by atoms with E-state index in [9.17, 15) is 13.6 Å². The van der Waals surface area contributed by atoms with E-state index in [1.165, 1.54) is 17.7 Å². The van der Waals surface area contributed by atoms with E-state index in [-0.39, 0.29) is 23.2 Å². The highest BCUT2D eigenvalue weighted by molar-refractivity contribution is 6.19. The van der Waals surface area contributed by atoms with Crippen molar-refractivity contribution in [3.63, 3.8) is 0 Å². The topological polar surface area (TPSA) is 84.1 Å². The van der Waals surface area contributed by atoms with Gasteiger partial charge in [-0.2, -0.15) is 0 Å². The number of anilines is 2. The number of carbonyl (C=O) groups is 1. The first kappa shape index (κ1) is 24.8. The predicted octanol–water partition coefficient (Wildman–Crippen LogP) is 5.39. The maximum absolute atomic E-state index is 14.2. The molecule has 208 valence electrons. The van der Waals surface area contributed by atoms with Crippen molar-refractivity contribution in [2.75, 3.05) is 31.6 Å². The first-order valence-electron chi connectivity index (χ1n) is 14.1. The maximum Gasteiger partial charge on any atom is 0.279 e. The Morgan fingerprint density at radius 2 is 2.00 bits per heavy atom. The molecule has 10 heteroatoms. The van der Waals surface area contributed by atoms with Crippen LogP contribution in [0.4, 0.5) is 20.3 Å². The lowest BCUT2D eigenvalue weighted by atomic mass is 9.75. The number of aliphatic imine (C=N–C) groups is 1. The highest BCUT2D eigenvalue weighted by Gasteiger charge is 2.48. The van der Waals surface area contributed by atoms with Crippen LogP contribution >= 0.6 is 0 Å². The second-order valence-electron chi connectivity index (χ2n) is 11.5. The second kappa shape index (κ2) is 9.25. The van der Waals surface area contributed by atoms with Crippen molar-refractivity contribution in [2.24, 2.45) is 4.99 Å². The molecule has 1 aliphatic carbocycles. The fraction of sp³-hybridized carbons (Fsp3) is 0.355. The average molecular weight is 555 g/mol. The lowest BCUT2D eigenvalue weighted by Gasteiger charge is -2.35. The minimum Gasteiger partial charge on any atom is -0.381 e. The Bertz CT molecular complexity index is 1740. The molecule has 41 heavy (non-hydrogen) atoms. The van der Waals surface area contributed by atoms with Gasteiger partial charge in [-0.25, -0.2) is 23.7 Å². The SMILES string of the molecule is O=C1N=Cc2c(-c3cnc4cc(F)ccn34)ccc(Nc3ccc4c(n3)C(N3CC[C@@H](F)C3)CC43CCOCC3)c21. The van der Waals surface area contributed by atoms with Crippen LogP contribution < -0.4 is 5.32 Å². The molecule has 2 fully saturated rings. The number of imidazole rings is 1. The van der Waals surface area contributed by atoms with Gasteiger partial charge in [0.05, 0.1) is 34.9 Å². The number of halogens is 2. The van der Waals surface area contributed by atoms with Crippen molar-refractivity contribution in [3.05, 3.63) is 77.0 Å². The molecule has 1 N–H and O–H groups in total. The first-order valence-corrected chi connectivity index (χ1v) is 14.1. The molecule has 2 saturated heterocycles. The number of alkyl halides is 1. The second-order valence-corrected chi connectivity index (χ2v) is 11.5. The summed E-state index contributed by atoms with van der Waals surface area (Å²) < 4.78 is 35.5. The highest BCUT2D eigenvalue weighted by Crippen LogP contribution is 2.53. The summed E-state index contributed by atoms with van der Waals surface area (Å²) >= 11 is 0. The summed E-state index contributed by atoms with van der Waals surface area (Å²) in [6.07, 6.45) is 7.43. The molecule has 0 radical (unpaired) electrons. The van der Waals surface area contributed by atoms with Gasteiger partial charge in [0.1, 0.15) is 23.5 Å². The first-order chi connectivity index (χ1) is 20.0. The van der Waals surface area contributed by atoms with Crippen molar-refractivity contribution in [3.8, 4) is 11.3 Å². The zero-order valence-electron chi connectivity index (χ0n) is 22.3. The molecular formula is C31H28F2N6O2. The number of likely N-dealkylation sites (tertiary alicyclic amines) is 1. The van der Waals surface area contributed by atoms with Gasteiger partial charge in [-0.3, -0.25) is 14.1 Å². The van der Waals surface area contributed by atoms with Crippen LogP contribution in [0.25, 0.3) is 16.9 Å². The summed E-state index contributed by atoms with van der Waals surface area (Å²) in [5.41, 5.74) is 5.98. The molecular weight excluding hydrogens is 526 g/mol. The van der Waals surface area contributed by atoms with Gasteiger partial charge >= 0.3 is 0 Å². The van der Waals surface area contributed by atoms with E-state index in [4.69, 9.17) is 9.72 Å². The van der Waals surface area contributed by atoms with Gasteiger partial charge in [0.25, 0.3) is 5.91 Å². The molecule has 4 aliphatic rings. The molecule has 1 aromatic carbocycles. The van der Waals surface area contributed by atoms with E-state index in [0.717, 1.165) is 56.0 Å². The predicted molar refractivity (Wildman–Crippen MR) is 150 cm³/mol. The van der Waals surface area contributed by atoms with Gasteiger partial charge in [-0.1, -0.05) is 12.1 Å². The molecule has 6 heterocycles. The van der Waals surface area contributed by atoms with E-state index in [1.54, 1.807) is 23.0 Å². The van der Waals surface area contributed by atoms with Gasteiger partial charge in [0.2, 0.25) is 0 Å². The van der Waals surface area contributed by atoms with E-state index in [1.807, 2.05) is 18.2 Å². The lowest BCUT2D eigenvalue weighted by molar-refractivity contribution is 0.0425. The standard InChI is InChI=1S/C31H28F2N6O2/c32-18-6-10-39-25(16-34-27(39)13-18)20-1-3-23(28-21(20)15-35-30(28)40)36-26-4-2-22-29(37-26)24(38-9-5-19(33)17-38)14-31(22)7-11-41-12-8-31/h1-4,6,10,13,15-16,19,24H,5,7-9,11-12,14,17H2,(H,36,37)/t19-,24?/m1/s1. The normalized spacial score (nSPS) is 23.0. The van der Waals surface area contributed by atoms with Crippen LogP contribution in [0.3, 0.4) is 0 Å². The van der Waals surface area contributed by atoms with Crippen LogP contribution in [-0.2, 0) is 10.2 Å². The zero-order valence-corrected chi connectivity index (χ0v) is 22.3. The largest absolute Gasteiger partial charge is 0.381 e. The molecule has 4 aromatic rings. The smallest absolute Gasteiger partial charge is 0.279 e. The van der Waals surface area contributed by atoms with Crippen LogP contribution in [0.2, 0.25) is 0 Å².